The topological polar surface area (TPSA) is 55.1 Å². The number of thioether (sulfide) groups is 2. The molecular formula is C11H22N2OS2. The van der Waals surface area contributed by atoms with E-state index >= 15 is 0 Å². The summed E-state index contributed by atoms with van der Waals surface area (Å²) in [7, 11) is 0. The molecule has 0 saturated heterocycles. The van der Waals surface area contributed by atoms with Gasteiger partial charge in [0.05, 0.1) is 6.04 Å². The third-order valence-corrected chi connectivity index (χ3v) is 4.77. The SMILES string of the molecule is CSCC[C@@H](N)C(=O)NC1CCC(SC)C1. The molecule has 0 aromatic rings. The summed E-state index contributed by atoms with van der Waals surface area (Å²) in [6, 6.07) is 0.0195. The molecule has 3 atom stereocenters. The lowest BCUT2D eigenvalue weighted by atomic mass is 10.2. The van der Waals surface area contributed by atoms with Crippen LogP contribution in [0.15, 0.2) is 0 Å². The summed E-state index contributed by atoms with van der Waals surface area (Å²) in [5, 5.41) is 3.78. The van der Waals surface area contributed by atoms with Gasteiger partial charge in [0.25, 0.3) is 0 Å². The largest absolute Gasteiger partial charge is 0.352 e. The van der Waals surface area contributed by atoms with E-state index in [0.717, 1.165) is 25.0 Å². The van der Waals surface area contributed by atoms with E-state index in [1.54, 1.807) is 11.8 Å². The van der Waals surface area contributed by atoms with Gasteiger partial charge in [0, 0.05) is 11.3 Å². The smallest absolute Gasteiger partial charge is 0.237 e. The normalized spacial score (nSPS) is 26.7. The summed E-state index contributed by atoms with van der Waals surface area (Å²) < 4.78 is 0. The molecular weight excluding hydrogens is 240 g/mol. The van der Waals surface area contributed by atoms with Gasteiger partial charge in [-0.15, -0.1) is 0 Å². The van der Waals surface area contributed by atoms with Crippen LogP contribution in [-0.2, 0) is 4.79 Å². The molecule has 1 amide bonds. The molecule has 0 heterocycles. The number of nitrogens with two attached hydrogens (primary N) is 1. The number of nitrogens with one attached hydrogen (secondary N) is 1. The molecule has 0 spiro atoms. The molecule has 1 aliphatic rings. The summed E-state index contributed by atoms with van der Waals surface area (Å²) in [6.07, 6.45) is 8.36. The Morgan fingerprint density at radius 1 is 1.50 bits per heavy atom. The van der Waals surface area contributed by atoms with E-state index in [4.69, 9.17) is 5.73 Å². The lowest BCUT2D eigenvalue weighted by Gasteiger charge is -2.16. The summed E-state index contributed by atoms with van der Waals surface area (Å²) in [5.41, 5.74) is 5.82. The Bertz CT molecular complexity index is 226. The van der Waals surface area contributed by atoms with Crippen molar-refractivity contribution in [3.8, 4) is 0 Å². The molecule has 94 valence electrons. The van der Waals surface area contributed by atoms with E-state index in [0.29, 0.717) is 11.3 Å². The van der Waals surface area contributed by atoms with Gasteiger partial charge in [-0.2, -0.15) is 23.5 Å². The highest BCUT2D eigenvalue weighted by Gasteiger charge is 2.26. The van der Waals surface area contributed by atoms with Gasteiger partial charge in [-0.3, -0.25) is 4.79 Å². The molecule has 1 fully saturated rings. The monoisotopic (exact) mass is 262 g/mol. The fraction of sp³-hybridized carbons (Fsp3) is 0.909. The first-order chi connectivity index (χ1) is 7.67. The van der Waals surface area contributed by atoms with Crippen molar-refractivity contribution in [3.63, 3.8) is 0 Å². The van der Waals surface area contributed by atoms with Crippen molar-refractivity contribution >= 4 is 29.4 Å². The molecule has 3 N–H and O–H groups in total. The second-order valence-corrected chi connectivity index (χ2v) is 6.39. The number of carbonyl (C=O) groups excluding carboxylic acids is 1. The van der Waals surface area contributed by atoms with Gasteiger partial charge in [-0.1, -0.05) is 0 Å². The van der Waals surface area contributed by atoms with Gasteiger partial charge in [-0.25, -0.2) is 0 Å². The van der Waals surface area contributed by atoms with Crippen molar-refractivity contribution in [1.82, 2.24) is 5.32 Å². The molecule has 0 radical (unpaired) electrons. The number of amides is 1. The van der Waals surface area contributed by atoms with Crippen molar-refractivity contribution in [2.75, 3.05) is 18.3 Å². The van der Waals surface area contributed by atoms with Crippen LogP contribution in [0, 0.1) is 0 Å². The number of rotatable bonds is 6. The molecule has 0 aromatic carbocycles. The van der Waals surface area contributed by atoms with E-state index in [2.05, 4.69) is 11.6 Å². The summed E-state index contributed by atoms with van der Waals surface area (Å²) in [6.45, 7) is 0. The Labute approximate surface area is 107 Å². The van der Waals surface area contributed by atoms with Crippen LogP contribution < -0.4 is 11.1 Å². The van der Waals surface area contributed by atoms with Gasteiger partial charge in [0.15, 0.2) is 0 Å². The van der Waals surface area contributed by atoms with Crippen molar-refractivity contribution in [3.05, 3.63) is 0 Å². The second kappa shape index (κ2) is 7.45. The molecule has 1 aliphatic carbocycles. The second-order valence-electron chi connectivity index (χ2n) is 4.26. The summed E-state index contributed by atoms with van der Waals surface area (Å²) in [4.78, 5) is 11.7. The van der Waals surface area contributed by atoms with Gasteiger partial charge >= 0.3 is 0 Å². The average Bonchev–Trinajstić information content (AvgIpc) is 2.73. The minimum absolute atomic E-state index is 0.0285. The summed E-state index contributed by atoms with van der Waals surface area (Å²) in [5.74, 6) is 0.980. The maximum absolute atomic E-state index is 11.7. The highest BCUT2D eigenvalue weighted by Crippen LogP contribution is 2.28. The van der Waals surface area contributed by atoms with Crippen LogP contribution in [0.25, 0.3) is 0 Å². The van der Waals surface area contributed by atoms with E-state index in [1.807, 2.05) is 18.0 Å². The molecule has 0 aliphatic heterocycles. The van der Waals surface area contributed by atoms with E-state index in [9.17, 15) is 4.79 Å². The fourth-order valence-corrected chi connectivity index (χ4v) is 3.26. The predicted octanol–water partition coefficient (Wildman–Crippen LogP) is 1.47. The Hall–Kier alpha value is 0.130. The van der Waals surface area contributed by atoms with E-state index < -0.39 is 0 Å². The zero-order valence-electron chi connectivity index (χ0n) is 10.1. The van der Waals surface area contributed by atoms with Crippen molar-refractivity contribution in [1.29, 1.82) is 0 Å². The van der Waals surface area contributed by atoms with Crippen LogP contribution in [0.2, 0.25) is 0 Å². The maximum Gasteiger partial charge on any atom is 0.237 e. The zero-order valence-corrected chi connectivity index (χ0v) is 11.7. The van der Waals surface area contributed by atoms with Crippen LogP contribution in [0.3, 0.4) is 0 Å². The van der Waals surface area contributed by atoms with Gasteiger partial charge < -0.3 is 11.1 Å². The Kier molecular flexibility index (Phi) is 6.61. The van der Waals surface area contributed by atoms with Crippen LogP contribution in [0.1, 0.15) is 25.7 Å². The zero-order chi connectivity index (χ0) is 12.0. The van der Waals surface area contributed by atoms with Gasteiger partial charge in [-0.05, 0) is 43.9 Å². The molecule has 1 rings (SSSR count). The van der Waals surface area contributed by atoms with Gasteiger partial charge in [0.2, 0.25) is 5.91 Å². The Balaban J connectivity index is 2.23. The Morgan fingerprint density at radius 3 is 2.81 bits per heavy atom. The van der Waals surface area contributed by atoms with Crippen LogP contribution in [-0.4, -0.2) is 41.5 Å². The number of hydrogen-bond donors (Lipinski definition) is 2. The lowest BCUT2D eigenvalue weighted by molar-refractivity contribution is -0.123. The number of carbonyl (C=O) groups is 1. The first-order valence-corrected chi connectivity index (χ1v) is 8.43. The van der Waals surface area contributed by atoms with Crippen LogP contribution >= 0.6 is 23.5 Å². The van der Waals surface area contributed by atoms with Crippen LogP contribution in [0.5, 0.6) is 0 Å². The molecule has 0 bridgehead atoms. The highest BCUT2D eigenvalue weighted by atomic mass is 32.2. The fourth-order valence-electron chi connectivity index (χ4n) is 1.97. The molecule has 3 nitrogen and oxygen atoms in total. The third kappa shape index (κ3) is 4.55. The lowest BCUT2D eigenvalue weighted by Crippen LogP contribution is -2.44. The minimum Gasteiger partial charge on any atom is -0.352 e. The van der Waals surface area contributed by atoms with Crippen molar-refractivity contribution in [2.24, 2.45) is 5.73 Å². The quantitative estimate of drug-likeness (QED) is 0.761. The van der Waals surface area contributed by atoms with E-state index in [1.165, 1.54) is 6.42 Å². The molecule has 16 heavy (non-hydrogen) atoms. The minimum atomic E-state index is -0.333. The van der Waals surface area contributed by atoms with Crippen molar-refractivity contribution in [2.45, 2.75) is 43.0 Å². The maximum atomic E-state index is 11.7. The first kappa shape index (κ1) is 14.2. The van der Waals surface area contributed by atoms with E-state index in [-0.39, 0.29) is 11.9 Å². The molecule has 2 unspecified atom stereocenters. The van der Waals surface area contributed by atoms with Crippen LogP contribution in [0.4, 0.5) is 0 Å². The molecule has 5 heteroatoms. The van der Waals surface area contributed by atoms with Crippen molar-refractivity contribution < 1.29 is 4.79 Å². The highest BCUT2D eigenvalue weighted by molar-refractivity contribution is 7.99. The first-order valence-electron chi connectivity index (χ1n) is 5.75. The average molecular weight is 262 g/mol. The van der Waals surface area contributed by atoms with Gasteiger partial charge in [0.1, 0.15) is 0 Å². The molecule has 0 aromatic heterocycles. The standard InChI is InChI=1S/C11H22N2OS2/c1-15-6-5-10(12)11(14)13-8-3-4-9(7-8)16-2/h8-10H,3-7,12H2,1-2H3,(H,13,14)/t8?,9?,10-/m1/s1. The predicted molar refractivity (Wildman–Crippen MR) is 74.1 cm³/mol. The summed E-state index contributed by atoms with van der Waals surface area (Å²) >= 11 is 3.63. The number of hydrogen-bond acceptors (Lipinski definition) is 4. The Morgan fingerprint density at radius 2 is 2.25 bits per heavy atom. The molecule has 1 saturated carbocycles. The third-order valence-electron chi connectivity index (χ3n) is 3.03.